The van der Waals surface area contributed by atoms with Crippen molar-refractivity contribution in [3.8, 4) is 11.5 Å². The Kier molecular flexibility index (Phi) is 5.95. The summed E-state index contributed by atoms with van der Waals surface area (Å²) >= 11 is 0. The summed E-state index contributed by atoms with van der Waals surface area (Å²) in [4.78, 5) is 28.4. The summed E-state index contributed by atoms with van der Waals surface area (Å²) in [7, 11) is 3.18. The van der Waals surface area contributed by atoms with Crippen molar-refractivity contribution in [2.24, 2.45) is 0 Å². The zero-order valence-corrected chi connectivity index (χ0v) is 17.8. The molecule has 0 N–H and O–H groups in total. The number of nitrogens with zero attached hydrogens (tertiary/aromatic N) is 1. The molecule has 0 aliphatic carbocycles. The molecule has 3 aromatic rings. The average Bonchev–Trinajstić information content (AvgIpc) is 3.07. The third kappa shape index (κ3) is 3.65. The van der Waals surface area contributed by atoms with Gasteiger partial charge in [-0.05, 0) is 43.2 Å². The molecular formula is C24H25NO6. The third-order valence-electron chi connectivity index (χ3n) is 5.42. The number of para-hydroxylation sites is 1. The molecule has 1 aromatic heterocycles. The highest BCUT2D eigenvalue weighted by Gasteiger charge is 2.42. The quantitative estimate of drug-likeness (QED) is 0.513. The summed E-state index contributed by atoms with van der Waals surface area (Å²) in [6.07, 6.45) is 0.634. The van der Waals surface area contributed by atoms with Crippen molar-refractivity contribution in [3.05, 3.63) is 69.6 Å². The van der Waals surface area contributed by atoms with E-state index in [0.717, 1.165) is 5.56 Å². The molecule has 31 heavy (non-hydrogen) atoms. The van der Waals surface area contributed by atoms with Crippen LogP contribution in [0.4, 0.5) is 0 Å². The average molecular weight is 423 g/mol. The van der Waals surface area contributed by atoms with E-state index in [9.17, 15) is 9.59 Å². The van der Waals surface area contributed by atoms with Gasteiger partial charge in [0, 0.05) is 20.3 Å². The van der Waals surface area contributed by atoms with E-state index < -0.39 is 6.04 Å². The lowest BCUT2D eigenvalue weighted by Crippen LogP contribution is -2.31. The minimum atomic E-state index is -0.579. The van der Waals surface area contributed by atoms with E-state index in [-0.39, 0.29) is 17.1 Å². The first-order valence-corrected chi connectivity index (χ1v) is 10.3. The lowest BCUT2D eigenvalue weighted by molar-refractivity contribution is 0.0707. The molecule has 0 saturated carbocycles. The fraction of sp³-hybridized carbons (Fsp3) is 0.333. The van der Waals surface area contributed by atoms with Crippen LogP contribution in [-0.4, -0.2) is 44.8 Å². The number of rotatable bonds is 8. The predicted molar refractivity (Wildman–Crippen MR) is 116 cm³/mol. The zero-order valence-electron chi connectivity index (χ0n) is 17.8. The Morgan fingerprint density at radius 3 is 2.61 bits per heavy atom. The summed E-state index contributed by atoms with van der Waals surface area (Å²) in [6, 6.07) is 11.9. The maximum atomic E-state index is 13.4. The Hall–Kier alpha value is -3.32. The molecule has 1 aliphatic rings. The van der Waals surface area contributed by atoms with Crippen LogP contribution in [0, 0.1) is 0 Å². The summed E-state index contributed by atoms with van der Waals surface area (Å²) in [6.45, 7) is 3.32. The highest BCUT2D eigenvalue weighted by atomic mass is 16.5. The summed E-state index contributed by atoms with van der Waals surface area (Å²) in [5.74, 6) is 0.947. The van der Waals surface area contributed by atoms with Gasteiger partial charge < -0.3 is 23.5 Å². The standard InChI is InChI=1S/C24H25NO6/c1-4-30-18-11-10-15(14-19(18)29-3)21-20-22(26)16-8-5-6-9-17(16)31-23(20)24(27)25(21)12-7-13-28-2/h5-6,8-11,14,21H,4,7,12-13H2,1-3H3. The van der Waals surface area contributed by atoms with E-state index in [1.54, 1.807) is 49.5 Å². The summed E-state index contributed by atoms with van der Waals surface area (Å²) in [5, 5.41) is 0.454. The molecule has 0 spiro atoms. The van der Waals surface area contributed by atoms with Crippen molar-refractivity contribution in [1.82, 2.24) is 4.90 Å². The fourth-order valence-electron chi connectivity index (χ4n) is 4.05. The van der Waals surface area contributed by atoms with E-state index in [0.29, 0.717) is 54.2 Å². The van der Waals surface area contributed by atoms with Crippen LogP contribution in [0.1, 0.15) is 41.1 Å². The normalized spacial score (nSPS) is 15.4. The molecule has 7 nitrogen and oxygen atoms in total. The van der Waals surface area contributed by atoms with Gasteiger partial charge in [0.15, 0.2) is 16.9 Å². The van der Waals surface area contributed by atoms with E-state index in [2.05, 4.69) is 0 Å². The van der Waals surface area contributed by atoms with Gasteiger partial charge in [0.1, 0.15) is 5.58 Å². The van der Waals surface area contributed by atoms with Crippen LogP contribution in [0.15, 0.2) is 51.7 Å². The third-order valence-corrected chi connectivity index (χ3v) is 5.42. The molecule has 1 amide bonds. The second kappa shape index (κ2) is 8.81. The number of benzene rings is 2. The number of hydrogen-bond acceptors (Lipinski definition) is 6. The Morgan fingerprint density at radius 2 is 1.87 bits per heavy atom. The van der Waals surface area contributed by atoms with E-state index >= 15 is 0 Å². The maximum Gasteiger partial charge on any atom is 0.290 e. The molecule has 0 radical (unpaired) electrons. The zero-order chi connectivity index (χ0) is 22.0. The van der Waals surface area contributed by atoms with Crippen LogP contribution in [-0.2, 0) is 4.74 Å². The van der Waals surface area contributed by atoms with Gasteiger partial charge >= 0.3 is 0 Å². The Labute approximate surface area is 180 Å². The first-order chi connectivity index (χ1) is 15.1. The van der Waals surface area contributed by atoms with E-state index in [1.165, 1.54) is 0 Å². The topological polar surface area (TPSA) is 78.2 Å². The van der Waals surface area contributed by atoms with Crippen LogP contribution in [0.5, 0.6) is 11.5 Å². The molecule has 1 atom stereocenters. The van der Waals surface area contributed by atoms with E-state index in [1.807, 2.05) is 19.1 Å². The van der Waals surface area contributed by atoms with Crippen LogP contribution in [0.25, 0.3) is 11.0 Å². The van der Waals surface area contributed by atoms with E-state index in [4.69, 9.17) is 18.6 Å². The molecule has 0 bridgehead atoms. The predicted octanol–water partition coefficient (Wildman–Crippen LogP) is 3.78. The van der Waals surface area contributed by atoms with Crippen molar-refractivity contribution in [2.45, 2.75) is 19.4 Å². The van der Waals surface area contributed by atoms with Crippen molar-refractivity contribution in [3.63, 3.8) is 0 Å². The molecule has 7 heteroatoms. The Bertz CT molecular complexity index is 1170. The summed E-state index contributed by atoms with van der Waals surface area (Å²) in [5.41, 5.74) is 1.32. The number of methoxy groups -OCH3 is 2. The van der Waals surface area contributed by atoms with Gasteiger partial charge in [-0.1, -0.05) is 18.2 Å². The van der Waals surface area contributed by atoms with Gasteiger partial charge in [-0.2, -0.15) is 0 Å². The van der Waals surface area contributed by atoms with Crippen molar-refractivity contribution >= 4 is 16.9 Å². The van der Waals surface area contributed by atoms with Crippen molar-refractivity contribution in [1.29, 1.82) is 0 Å². The monoisotopic (exact) mass is 423 g/mol. The van der Waals surface area contributed by atoms with Crippen LogP contribution in [0.2, 0.25) is 0 Å². The largest absolute Gasteiger partial charge is 0.493 e. The van der Waals surface area contributed by atoms with Gasteiger partial charge in [0.2, 0.25) is 5.76 Å². The first kappa shape index (κ1) is 20.9. The molecule has 2 heterocycles. The molecule has 2 aromatic carbocycles. The molecule has 0 saturated heterocycles. The lowest BCUT2D eigenvalue weighted by atomic mass is 9.98. The second-order valence-corrected chi connectivity index (χ2v) is 7.26. The number of carbonyl (C=O) groups is 1. The van der Waals surface area contributed by atoms with Crippen molar-refractivity contribution < 1.29 is 23.4 Å². The minimum absolute atomic E-state index is 0.0963. The minimum Gasteiger partial charge on any atom is -0.493 e. The number of hydrogen-bond donors (Lipinski definition) is 0. The van der Waals surface area contributed by atoms with Gasteiger partial charge in [-0.15, -0.1) is 0 Å². The van der Waals surface area contributed by atoms with Gasteiger partial charge in [-0.25, -0.2) is 0 Å². The Morgan fingerprint density at radius 1 is 1.06 bits per heavy atom. The van der Waals surface area contributed by atoms with Crippen molar-refractivity contribution in [2.75, 3.05) is 34.0 Å². The maximum absolute atomic E-state index is 13.4. The number of carbonyl (C=O) groups excluding carboxylic acids is 1. The molecule has 0 fully saturated rings. The molecule has 1 unspecified atom stereocenters. The fourth-order valence-corrected chi connectivity index (χ4v) is 4.05. The van der Waals surface area contributed by atoms with Gasteiger partial charge in [-0.3, -0.25) is 9.59 Å². The highest BCUT2D eigenvalue weighted by Crippen LogP contribution is 2.40. The van der Waals surface area contributed by atoms with Gasteiger partial charge in [0.25, 0.3) is 5.91 Å². The molecule has 162 valence electrons. The highest BCUT2D eigenvalue weighted by molar-refractivity contribution is 5.99. The van der Waals surface area contributed by atoms with Crippen LogP contribution >= 0.6 is 0 Å². The Balaban J connectivity index is 1.89. The number of amides is 1. The second-order valence-electron chi connectivity index (χ2n) is 7.26. The molecule has 1 aliphatic heterocycles. The molecular weight excluding hydrogens is 398 g/mol. The smallest absolute Gasteiger partial charge is 0.290 e. The SMILES string of the molecule is CCOc1ccc(C2c3c(oc4ccccc4c3=O)C(=O)N2CCCOC)cc1OC. The lowest BCUT2D eigenvalue weighted by Gasteiger charge is -2.25. The number of fused-ring (bicyclic) bond motifs is 2. The van der Waals surface area contributed by atoms with Crippen LogP contribution in [0.3, 0.4) is 0 Å². The molecule has 4 rings (SSSR count). The number of ether oxygens (including phenoxy) is 3. The first-order valence-electron chi connectivity index (χ1n) is 10.3. The summed E-state index contributed by atoms with van der Waals surface area (Å²) < 4.78 is 22.2. The van der Waals surface area contributed by atoms with Crippen LogP contribution < -0.4 is 14.9 Å². The van der Waals surface area contributed by atoms with Gasteiger partial charge in [0.05, 0.1) is 30.7 Å².